The molecular weight excluding hydrogens is 254 g/mol. The second-order valence-corrected chi connectivity index (χ2v) is 4.05. The zero-order valence-electron chi connectivity index (χ0n) is 11.1. The smallest absolute Gasteiger partial charge is 0.241 e. The Labute approximate surface area is 117 Å². The first-order valence-corrected chi connectivity index (χ1v) is 6.07. The van der Waals surface area contributed by atoms with Gasteiger partial charge in [-0.25, -0.2) is 0 Å². The topological polar surface area (TPSA) is 61.6 Å². The minimum atomic E-state index is -0.499. The van der Waals surface area contributed by atoms with Crippen molar-refractivity contribution in [3.05, 3.63) is 60.2 Å². The number of hydrogen-bond donors (Lipinski definition) is 1. The van der Waals surface area contributed by atoms with Crippen molar-refractivity contribution >= 4 is 12.0 Å². The molecule has 4 nitrogen and oxygen atoms in total. The maximum atomic E-state index is 10.8. The maximum absolute atomic E-state index is 10.8. The van der Waals surface area contributed by atoms with Crippen LogP contribution >= 0.6 is 0 Å². The summed E-state index contributed by atoms with van der Waals surface area (Å²) >= 11 is 0. The number of carbonyl (C=O) groups excluding carboxylic acids is 1. The number of amides is 1. The third-order valence-corrected chi connectivity index (χ3v) is 2.62. The van der Waals surface area contributed by atoms with Crippen LogP contribution < -0.4 is 15.2 Å². The van der Waals surface area contributed by atoms with E-state index in [-0.39, 0.29) is 0 Å². The van der Waals surface area contributed by atoms with E-state index in [4.69, 9.17) is 15.2 Å². The Kier molecular flexibility index (Phi) is 4.39. The standard InChI is InChI=1S/C16H15NO3/c1-19-13-6-4-7-14(11-13)20-15-8-3-2-5-12(15)9-10-16(17)18/h2-11H,1H3,(H2,17,18)/b10-9-. The molecule has 0 aliphatic rings. The summed E-state index contributed by atoms with van der Waals surface area (Å²) in [4.78, 5) is 10.8. The van der Waals surface area contributed by atoms with Gasteiger partial charge in [0.2, 0.25) is 5.91 Å². The van der Waals surface area contributed by atoms with Gasteiger partial charge in [-0.15, -0.1) is 0 Å². The van der Waals surface area contributed by atoms with Gasteiger partial charge in [-0.2, -0.15) is 0 Å². The fourth-order valence-corrected chi connectivity index (χ4v) is 1.67. The van der Waals surface area contributed by atoms with Gasteiger partial charge < -0.3 is 15.2 Å². The zero-order valence-corrected chi connectivity index (χ0v) is 11.1. The fourth-order valence-electron chi connectivity index (χ4n) is 1.67. The molecule has 0 unspecified atom stereocenters. The van der Waals surface area contributed by atoms with Crippen LogP contribution in [0.2, 0.25) is 0 Å². The lowest BCUT2D eigenvalue weighted by Gasteiger charge is -2.09. The molecule has 0 bridgehead atoms. The molecule has 2 aromatic rings. The van der Waals surface area contributed by atoms with Gasteiger partial charge in [-0.3, -0.25) is 4.79 Å². The molecule has 0 radical (unpaired) electrons. The van der Waals surface area contributed by atoms with Gasteiger partial charge in [0.05, 0.1) is 7.11 Å². The highest BCUT2D eigenvalue weighted by Gasteiger charge is 2.03. The molecule has 0 saturated carbocycles. The predicted octanol–water partition coefficient (Wildman–Crippen LogP) is 2.99. The van der Waals surface area contributed by atoms with Gasteiger partial charge in [0.25, 0.3) is 0 Å². The molecule has 0 aliphatic carbocycles. The van der Waals surface area contributed by atoms with Crippen LogP contribution in [-0.2, 0) is 4.79 Å². The minimum Gasteiger partial charge on any atom is -0.497 e. The molecular formula is C16H15NO3. The summed E-state index contributed by atoms with van der Waals surface area (Å²) in [5.41, 5.74) is 5.87. The lowest BCUT2D eigenvalue weighted by molar-refractivity contribution is -0.113. The van der Waals surface area contributed by atoms with E-state index < -0.39 is 5.91 Å². The van der Waals surface area contributed by atoms with E-state index in [9.17, 15) is 4.79 Å². The highest BCUT2D eigenvalue weighted by atomic mass is 16.5. The lowest BCUT2D eigenvalue weighted by atomic mass is 10.2. The summed E-state index contributed by atoms with van der Waals surface area (Å²) in [7, 11) is 1.60. The van der Waals surface area contributed by atoms with Gasteiger partial charge in [0, 0.05) is 17.7 Å². The van der Waals surface area contributed by atoms with Crippen LogP contribution in [-0.4, -0.2) is 13.0 Å². The summed E-state index contributed by atoms with van der Waals surface area (Å²) in [6, 6.07) is 14.7. The van der Waals surface area contributed by atoms with Crippen LogP contribution in [0.15, 0.2) is 54.6 Å². The van der Waals surface area contributed by atoms with Crippen molar-refractivity contribution in [3.63, 3.8) is 0 Å². The van der Waals surface area contributed by atoms with Gasteiger partial charge in [0.15, 0.2) is 0 Å². The molecule has 1 amide bonds. The van der Waals surface area contributed by atoms with Crippen molar-refractivity contribution in [2.24, 2.45) is 5.73 Å². The molecule has 0 spiro atoms. The summed E-state index contributed by atoms with van der Waals surface area (Å²) in [6.07, 6.45) is 2.92. The average Bonchev–Trinajstić information content (AvgIpc) is 2.46. The number of nitrogens with two attached hydrogens (primary N) is 1. The predicted molar refractivity (Wildman–Crippen MR) is 77.7 cm³/mol. The normalized spacial score (nSPS) is 10.4. The third-order valence-electron chi connectivity index (χ3n) is 2.62. The van der Waals surface area contributed by atoms with E-state index >= 15 is 0 Å². The number of benzene rings is 2. The number of hydrogen-bond acceptors (Lipinski definition) is 3. The van der Waals surface area contributed by atoms with Crippen molar-refractivity contribution in [3.8, 4) is 17.2 Å². The largest absolute Gasteiger partial charge is 0.497 e. The zero-order chi connectivity index (χ0) is 14.4. The molecule has 2 rings (SSSR count). The van der Waals surface area contributed by atoms with Crippen LogP contribution in [0.3, 0.4) is 0 Å². The van der Waals surface area contributed by atoms with Crippen LogP contribution in [0.1, 0.15) is 5.56 Å². The Hall–Kier alpha value is -2.75. The Morgan fingerprint density at radius 3 is 2.60 bits per heavy atom. The van der Waals surface area contributed by atoms with Gasteiger partial charge in [-0.05, 0) is 24.3 Å². The number of methoxy groups -OCH3 is 1. The SMILES string of the molecule is COc1cccc(Oc2ccccc2/C=C\C(N)=O)c1. The van der Waals surface area contributed by atoms with Crippen LogP contribution in [0.25, 0.3) is 6.08 Å². The third kappa shape index (κ3) is 3.62. The van der Waals surface area contributed by atoms with Crippen molar-refractivity contribution in [2.45, 2.75) is 0 Å². The van der Waals surface area contributed by atoms with E-state index in [0.29, 0.717) is 17.2 Å². The van der Waals surface area contributed by atoms with Crippen LogP contribution in [0, 0.1) is 0 Å². The highest BCUT2D eigenvalue weighted by molar-refractivity contribution is 5.90. The number of para-hydroxylation sites is 1. The molecule has 0 saturated heterocycles. The van der Waals surface area contributed by atoms with Crippen LogP contribution in [0.5, 0.6) is 17.2 Å². The van der Waals surface area contributed by atoms with Crippen molar-refractivity contribution < 1.29 is 14.3 Å². The highest BCUT2D eigenvalue weighted by Crippen LogP contribution is 2.28. The van der Waals surface area contributed by atoms with E-state index in [1.807, 2.05) is 42.5 Å². The molecule has 20 heavy (non-hydrogen) atoms. The molecule has 0 heterocycles. The van der Waals surface area contributed by atoms with E-state index in [1.165, 1.54) is 6.08 Å². The molecule has 0 fully saturated rings. The number of rotatable bonds is 5. The Morgan fingerprint density at radius 1 is 1.10 bits per heavy atom. The van der Waals surface area contributed by atoms with E-state index in [1.54, 1.807) is 19.3 Å². The average molecular weight is 269 g/mol. The van der Waals surface area contributed by atoms with Gasteiger partial charge >= 0.3 is 0 Å². The minimum absolute atomic E-state index is 0.499. The number of carbonyl (C=O) groups is 1. The molecule has 2 aromatic carbocycles. The van der Waals surface area contributed by atoms with E-state index in [0.717, 1.165) is 5.56 Å². The van der Waals surface area contributed by atoms with Crippen LogP contribution in [0.4, 0.5) is 0 Å². The van der Waals surface area contributed by atoms with E-state index in [2.05, 4.69) is 0 Å². The Bertz CT molecular complexity index is 635. The first kappa shape index (κ1) is 13.7. The summed E-state index contributed by atoms with van der Waals surface area (Å²) < 4.78 is 10.9. The second-order valence-electron chi connectivity index (χ2n) is 4.05. The molecule has 0 aromatic heterocycles. The molecule has 4 heteroatoms. The van der Waals surface area contributed by atoms with Crippen molar-refractivity contribution in [2.75, 3.05) is 7.11 Å². The van der Waals surface area contributed by atoms with Crippen molar-refractivity contribution in [1.29, 1.82) is 0 Å². The molecule has 0 aliphatic heterocycles. The molecule has 102 valence electrons. The summed E-state index contributed by atoms with van der Waals surface area (Å²) in [5.74, 6) is 1.51. The summed E-state index contributed by atoms with van der Waals surface area (Å²) in [5, 5.41) is 0. The Balaban J connectivity index is 2.26. The van der Waals surface area contributed by atoms with Crippen molar-refractivity contribution in [1.82, 2.24) is 0 Å². The first-order valence-electron chi connectivity index (χ1n) is 6.07. The quantitative estimate of drug-likeness (QED) is 0.849. The number of primary amides is 1. The lowest BCUT2D eigenvalue weighted by Crippen LogP contribution is -2.05. The summed E-state index contributed by atoms with van der Waals surface area (Å²) in [6.45, 7) is 0. The molecule has 2 N–H and O–H groups in total. The second kappa shape index (κ2) is 6.43. The molecule has 0 atom stereocenters. The Morgan fingerprint density at radius 2 is 1.85 bits per heavy atom. The fraction of sp³-hybridized carbons (Fsp3) is 0.0625. The monoisotopic (exact) mass is 269 g/mol. The number of ether oxygens (including phenoxy) is 2. The van der Waals surface area contributed by atoms with Gasteiger partial charge in [0.1, 0.15) is 17.2 Å². The first-order chi connectivity index (χ1) is 9.69. The maximum Gasteiger partial charge on any atom is 0.241 e. The van der Waals surface area contributed by atoms with Gasteiger partial charge in [-0.1, -0.05) is 24.3 Å².